The molecular weight excluding hydrogens is 234 g/mol. The molecule has 2 heteroatoms. The van der Waals surface area contributed by atoms with Crippen molar-refractivity contribution in [2.75, 3.05) is 13.6 Å². The van der Waals surface area contributed by atoms with Crippen molar-refractivity contribution in [3.63, 3.8) is 0 Å². The topological polar surface area (TPSA) is 23.5 Å². The van der Waals surface area contributed by atoms with Crippen LogP contribution in [-0.4, -0.2) is 29.6 Å². The van der Waals surface area contributed by atoms with Crippen LogP contribution in [0.15, 0.2) is 30.3 Å². The third-order valence-corrected chi connectivity index (χ3v) is 5.18. The molecule has 1 aliphatic carbocycles. The van der Waals surface area contributed by atoms with E-state index in [0.717, 1.165) is 6.54 Å². The van der Waals surface area contributed by atoms with Gasteiger partial charge in [-0.3, -0.25) is 4.90 Å². The molecule has 1 heterocycles. The monoisotopic (exact) mass is 257 g/mol. The van der Waals surface area contributed by atoms with Crippen molar-refractivity contribution in [1.29, 1.82) is 0 Å². The second-order valence-electron chi connectivity index (χ2n) is 6.03. The molecule has 2 unspecified atom stereocenters. The van der Waals surface area contributed by atoms with E-state index in [-0.39, 0.29) is 0 Å². The minimum Gasteiger partial charge on any atom is -0.508 e. The van der Waals surface area contributed by atoms with E-state index in [0.29, 0.717) is 17.2 Å². The Labute approximate surface area is 115 Å². The van der Waals surface area contributed by atoms with Gasteiger partial charge in [-0.15, -0.1) is 0 Å². The minimum atomic E-state index is 0.292. The lowest BCUT2D eigenvalue weighted by Gasteiger charge is -2.45. The fourth-order valence-corrected chi connectivity index (χ4v) is 4.26. The highest BCUT2D eigenvalue weighted by atomic mass is 16.3. The number of phenolic OH excluding ortho intramolecular Hbond substituents is 1. The molecule has 1 N–H and O–H groups in total. The number of nitrogens with zero attached hydrogens (tertiary/aromatic N) is 1. The summed E-state index contributed by atoms with van der Waals surface area (Å²) in [5.41, 5.74) is 2.97. The van der Waals surface area contributed by atoms with Crippen molar-refractivity contribution in [1.82, 2.24) is 4.90 Å². The van der Waals surface area contributed by atoms with Gasteiger partial charge in [0.05, 0.1) is 0 Å². The zero-order valence-electron chi connectivity index (χ0n) is 11.9. The average molecular weight is 257 g/mol. The van der Waals surface area contributed by atoms with Crippen LogP contribution < -0.4 is 0 Å². The molecule has 2 aliphatic rings. The maximum atomic E-state index is 9.76. The van der Waals surface area contributed by atoms with Gasteiger partial charge in [0.15, 0.2) is 0 Å². The number of fused-ring (bicyclic) bond motifs is 1. The van der Waals surface area contributed by atoms with Gasteiger partial charge in [-0.1, -0.05) is 31.6 Å². The Balaban J connectivity index is 2.09. The normalized spacial score (nSPS) is 31.1. The molecule has 1 aromatic rings. The molecule has 3 rings (SSSR count). The summed E-state index contributed by atoms with van der Waals surface area (Å²) >= 11 is 0. The van der Waals surface area contributed by atoms with Gasteiger partial charge < -0.3 is 5.11 Å². The molecule has 102 valence electrons. The van der Waals surface area contributed by atoms with Crippen molar-refractivity contribution >= 4 is 5.57 Å². The second kappa shape index (κ2) is 4.68. The molecule has 19 heavy (non-hydrogen) atoms. The fourth-order valence-electron chi connectivity index (χ4n) is 4.26. The summed E-state index contributed by atoms with van der Waals surface area (Å²) in [5.74, 6) is 0.373. The first-order valence-electron chi connectivity index (χ1n) is 7.37. The smallest absolute Gasteiger partial charge is 0.116 e. The van der Waals surface area contributed by atoms with E-state index in [2.05, 4.69) is 31.0 Å². The zero-order valence-corrected chi connectivity index (χ0v) is 11.9. The first-order chi connectivity index (χ1) is 9.17. The van der Waals surface area contributed by atoms with Crippen LogP contribution in [-0.2, 0) is 0 Å². The van der Waals surface area contributed by atoms with E-state index in [9.17, 15) is 5.11 Å². The Morgan fingerprint density at radius 3 is 3.00 bits per heavy atom. The van der Waals surface area contributed by atoms with Crippen molar-refractivity contribution in [3.8, 4) is 5.75 Å². The van der Waals surface area contributed by atoms with Gasteiger partial charge in [0, 0.05) is 18.0 Å². The number of likely N-dealkylation sites (N-methyl/N-ethyl adjacent to an activating group) is 1. The number of hydrogen-bond donors (Lipinski definition) is 1. The standard InChI is InChI=1S/C17H23NO/c1-3-17-10-5-8-16(17)18(2)11-9-15(17)13-6-4-7-14(19)12-13/h4,6-7,9,12,16,19H,3,5,8,10-11H2,1-2H3. The predicted molar refractivity (Wildman–Crippen MR) is 79.1 cm³/mol. The highest BCUT2D eigenvalue weighted by Gasteiger charge is 2.47. The van der Waals surface area contributed by atoms with Crippen molar-refractivity contribution < 1.29 is 5.11 Å². The molecule has 1 saturated carbocycles. The van der Waals surface area contributed by atoms with Gasteiger partial charge in [-0.05, 0) is 49.6 Å². The van der Waals surface area contributed by atoms with Gasteiger partial charge in [-0.2, -0.15) is 0 Å². The van der Waals surface area contributed by atoms with Crippen LogP contribution in [0.1, 0.15) is 38.2 Å². The first kappa shape index (κ1) is 12.7. The third kappa shape index (κ3) is 1.90. The van der Waals surface area contributed by atoms with Gasteiger partial charge in [0.2, 0.25) is 0 Å². The molecule has 2 nitrogen and oxygen atoms in total. The Morgan fingerprint density at radius 1 is 1.42 bits per heavy atom. The number of phenols is 1. The zero-order chi connectivity index (χ0) is 13.5. The highest BCUT2D eigenvalue weighted by Crippen LogP contribution is 2.54. The number of benzene rings is 1. The van der Waals surface area contributed by atoms with Gasteiger partial charge in [0.25, 0.3) is 0 Å². The molecule has 1 aliphatic heterocycles. The van der Waals surface area contributed by atoms with Crippen molar-refractivity contribution in [3.05, 3.63) is 35.9 Å². The van der Waals surface area contributed by atoms with E-state index < -0.39 is 0 Å². The maximum Gasteiger partial charge on any atom is 0.116 e. The lowest BCUT2D eigenvalue weighted by atomic mass is 9.68. The number of aromatic hydroxyl groups is 1. The predicted octanol–water partition coefficient (Wildman–Crippen LogP) is 3.67. The Kier molecular flexibility index (Phi) is 3.14. The summed E-state index contributed by atoms with van der Waals surface area (Å²) in [6.07, 6.45) is 7.46. The molecular formula is C17H23NO. The Bertz CT molecular complexity index is 508. The molecule has 0 amide bonds. The molecule has 0 bridgehead atoms. The van der Waals surface area contributed by atoms with Crippen LogP contribution in [0.5, 0.6) is 5.75 Å². The SMILES string of the molecule is CCC12CCCC1N(C)CC=C2c1cccc(O)c1. The van der Waals surface area contributed by atoms with E-state index >= 15 is 0 Å². The quantitative estimate of drug-likeness (QED) is 0.874. The van der Waals surface area contributed by atoms with E-state index in [4.69, 9.17) is 0 Å². The van der Waals surface area contributed by atoms with E-state index in [1.165, 1.54) is 36.8 Å². The van der Waals surface area contributed by atoms with E-state index in [1.807, 2.05) is 12.1 Å². The molecule has 0 spiro atoms. The molecule has 1 fully saturated rings. The van der Waals surface area contributed by atoms with Gasteiger partial charge in [-0.25, -0.2) is 0 Å². The minimum absolute atomic E-state index is 0.292. The first-order valence-corrected chi connectivity index (χ1v) is 7.37. The lowest BCUT2D eigenvalue weighted by molar-refractivity contribution is 0.153. The van der Waals surface area contributed by atoms with Crippen LogP contribution in [0.3, 0.4) is 0 Å². The van der Waals surface area contributed by atoms with Crippen LogP contribution in [0, 0.1) is 5.41 Å². The second-order valence-corrected chi connectivity index (χ2v) is 6.03. The largest absolute Gasteiger partial charge is 0.508 e. The third-order valence-electron chi connectivity index (χ3n) is 5.18. The van der Waals surface area contributed by atoms with Gasteiger partial charge >= 0.3 is 0 Å². The summed E-state index contributed by atoms with van der Waals surface area (Å²) < 4.78 is 0. The molecule has 1 aromatic carbocycles. The van der Waals surface area contributed by atoms with Crippen LogP contribution in [0.25, 0.3) is 5.57 Å². The van der Waals surface area contributed by atoms with Crippen LogP contribution in [0.2, 0.25) is 0 Å². The maximum absolute atomic E-state index is 9.76. The summed E-state index contributed by atoms with van der Waals surface area (Å²) in [7, 11) is 2.25. The van der Waals surface area contributed by atoms with Crippen molar-refractivity contribution in [2.45, 2.75) is 38.6 Å². The number of rotatable bonds is 2. The molecule has 0 aromatic heterocycles. The fraction of sp³-hybridized carbons (Fsp3) is 0.529. The lowest BCUT2D eigenvalue weighted by Crippen LogP contribution is -2.46. The Morgan fingerprint density at radius 2 is 2.26 bits per heavy atom. The van der Waals surface area contributed by atoms with Crippen molar-refractivity contribution in [2.24, 2.45) is 5.41 Å². The molecule has 0 radical (unpaired) electrons. The van der Waals surface area contributed by atoms with Crippen LogP contribution in [0.4, 0.5) is 0 Å². The summed E-state index contributed by atoms with van der Waals surface area (Å²) in [4.78, 5) is 2.50. The summed E-state index contributed by atoms with van der Waals surface area (Å²) in [5, 5.41) is 9.76. The van der Waals surface area contributed by atoms with E-state index in [1.54, 1.807) is 6.07 Å². The molecule has 2 atom stereocenters. The molecule has 0 saturated heterocycles. The van der Waals surface area contributed by atoms with Crippen LogP contribution >= 0.6 is 0 Å². The number of hydrogen-bond acceptors (Lipinski definition) is 2. The highest BCUT2D eigenvalue weighted by molar-refractivity contribution is 5.73. The Hall–Kier alpha value is -1.28. The summed E-state index contributed by atoms with van der Waals surface area (Å²) in [6, 6.07) is 8.44. The average Bonchev–Trinajstić information content (AvgIpc) is 2.85. The van der Waals surface area contributed by atoms with Gasteiger partial charge in [0.1, 0.15) is 5.75 Å². The summed E-state index contributed by atoms with van der Waals surface area (Å²) in [6.45, 7) is 3.34.